The maximum Gasteiger partial charge on any atom is 0.220 e. The molecular formula is C15H13BrFNO2S. The van der Waals surface area contributed by atoms with E-state index in [1.165, 1.54) is 17.4 Å². The van der Waals surface area contributed by atoms with Crippen molar-refractivity contribution in [1.29, 1.82) is 0 Å². The van der Waals surface area contributed by atoms with Crippen LogP contribution in [0.2, 0.25) is 0 Å². The average Bonchev–Trinajstić information content (AvgIpc) is 3.00. The molecule has 1 aromatic heterocycles. The van der Waals surface area contributed by atoms with E-state index in [4.69, 9.17) is 0 Å². The van der Waals surface area contributed by atoms with Gasteiger partial charge in [0.1, 0.15) is 5.82 Å². The minimum atomic E-state index is -0.367. The summed E-state index contributed by atoms with van der Waals surface area (Å²) in [5.74, 6) is -0.679. The summed E-state index contributed by atoms with van der Waals surface area (Å²) in [7, 11) is 0. The molecule has 1 heterocycles. The van der Waals surface area contributed by atoms with Crippen LogP contribution in [0, 0.1) is 5.82 Å². The quantitative estimate of drug-likeness (QED) is 0.784. The third kappa shape index (κ3) is 4.75. The van der Waals surface area contributed by atoms with E-state index in [-0.39, 0.29) is 36.9 Å². The topological polar surface area (TPSA) is 46.2 Å². The van der Waals surface area contributed by atoms with Gasteiger partial charge in [-0.05, 0) is 29.6 Å². The number of hydrogen-bond acceptors (Lipinski definition) is 3. The number of thiophene rings is 1. The summed E-state index contributed by atoms with van der Waals surface area (Å²) < 4.78 is 14.2. The SMILES string of the molecule is O=C(CCC(=O)c1cccs1)NCc1cc(Br)ccc1F. The highest BCUT2D eigenvalue weighted by molar-refractivity contribution is 9.10. The van der Waals surface area contributed by atoms with Gasteiger partial charge in [0, 0.05) is 29.4 Å². The first-order chi connectivity index (χ1) is 10.1. The van der Waals surface area contributed by atoms with Crippen molar-refractivity contribution in [3.8, 4) is 0 Å². The molecule has 0 saturated heterocycles. The van der Waals surface area contributed by atoms with Crippen molar-refractivity contribution < 1.29 is 14.0 Å². The van der Waals surface area contributed by atoms with E-state index in [2.05, 4.69) is 21.2 Å². The molecule has 1 aromatic carbocycles. The van der Waals surface area contributed by atoms with Gasteiger partial charge >= 0.3 is 0 Å². The molecule has 0 saturated carbocycles. The smallest absolute Gasteiger partial charge is 0.220 e. The Bertz CT molecular complexity index is 643. The molecule has 2 rings (SSSR count). The zero-order valence-corrected chi connectivity index (χ0v) is 13.5. The average molecular weight is 370 g/mol. The van der Waals surface area contributed by atoms with Crippen LogP contribution in [0.3, 0.4) is 0 Å². The Kier molecular flexibility index (Phi) is 5.64. The van der Waals surface area contributed by atoms with Gasteiger partial charge in [-0.1, -0.05) is 22.0 Å². The molecule has 0 aliphatic heterocycles. The molecule has 3 nitrogen and oxygen atoms in total. The second kappa shape index (κ2) is 7.47. The van der Waals surface area contributed by atoms with Crippen LogP contribution in [-0.2, 0) is 11.3 Å². The Morgan fingerprint density at radius 3 is 2.76 bits per heavy atom. The van der Waals surface area contributed by atoms with E-state index in [0.717, 1.165) is 4.47 Å². The van der Waals surface area contributed by atoms with Crippen LogP contribution in [0.5, 0.6) is 0 Å². The molecule has 2 aromatic rings. The lowest BCUT2D eigenvalue weighted by atomic mass is 10.1. The minimum absolute atomic E-state index is 0.0474. The van der Waals surface area contributed by atoms with Gasteiger partial charge in [0.2, 0.25) is 5.91 Å². The highest BCUT2D eigenvalue weighted by atomic mass is 79.9. The lowest BCUT2D eigenvalue weighted by Crippen LogP contribution is -2.23. The van der Waals surface area contributed by atoms with Crippen molar-refractivity contribution in [1.82, 2.24) is 5.32 Å². The Morgan fingerprint density at radius 2 is 2.05 bits per heavy atom. The van der Waals surface area contributed by atoms with Crippen molar-refractivity contribution in [3.63, 3.8) is 0 Å². The second-order valence-electron chi connectivity index (χ2n) is 4.41. The number of hydrogen-bond donors (Lipinski definition) is 1. The zero-order chi connectivity index (χ0) is 15.2. The Hall–Kier alpha value is -1.53. The Labute approximate surface area is 134 Å². The van der Waals surface area contributed by atoms with Gasteiger partial charge in [0.05, 0.1) is 4.88 Å². The van der Waals surface area contributed by atoms with E-state index >= 15 is 0 Å². The number of rotatable bonds is 6. The Balaban J connectivity index is 1.80. The number of benzene rings is 1. The summed E-state index contributed by atoms with van der Waals surface area (Å²) in [5, 5.41) is 4.44. The van der Waals surface area contributed by atoms with Crippen molar-refractivity contribution in [2.45, 2.75) is 19.4 Å². The lowest BCUT2D eigenvalue weighted by molar-refractivity contribution is -0.121. The number of amides is 1. The molecule has 110 valence electrons. The standard InChI is InChI=1S/C15H13BrFNO2S/c16-11-3-4-12(17)10(8-11)9-18-15(20)6-5-13(19)14-2-1-7-21-14/h1-4,7-8H,5-6,9H2,(H,18,20). The molecule has 21 heavy (non-hydrogen) atoms. The molecule has 0 atom stereocenters. The third-order valence-corrected chi connectivity index (χ3v) is 4.26. The van der Waals surface area contributed by atoms with Gasteiger partial charge in [-0.3, -0.25) is 9.59 Å². The molecule has 1 N–H and O–H groups in total. The predicted octanol–water partition coefficient (Wildman–Crippen LogP) is 3.93. The largest absolute Gasteiger partial charge is 0.352 e. The van der Waals surface area contributed by atoms with E-state index in [9.17, 15) is 14.0 Å². The summed E-state index contributed by atoms with van der Waals surface area (Å²) >= 11 is 4.61. The molecule has 0 fully saturated rings. The van der Waals surface area contributed by atoms with Crippen LogP contribution in [0.15, 0.2) is 40.2 Å². The fraction of sp³-hybridized carbons (Fsp3) is 0.200. The van der Waals surface area contributed by atoms with Gasteiger partial charge in [-0.15, -0.1) is 11.3 Å². The minimum Gasteiger partial charge on any atom is -0.352 e. The van der Waals surface area contributed by atoms with Crippen LogP contribution in [-0.4, -0.2) is 11.7 Å². The summed E-state index contributed by atoms with van der Waals surface area (Å²) in [5.41, 5.74) is 0.405. The van der Waals surface area contributed by atoms with Gasteiger partial charge in [-0.25, -0.2) is 4.39 Å². The summed E-state index contributed by atoms with van der Waals surface area (Å²) in [4.78, 5) is 24.1. The fourth-order valence-electron chi connectivity index (χ4n) is 1.75. The second-order valence-corrected chi connectivity index (χ2v) is 6.28. The van der Waals surface area contributed by atoms with E-state index < -0.39 is 0 Å². The highest BCUT2D eigenvalue weighted by Crippen LogP contribution is 2.15. The molecule has 0 spiro atoms. The van der Waals surface area contributed by atoms with Gasteiger partial charge in [-0.2, -0.15) is 0 Å². The monoisotopic (exact) mass is 369 g/mol. The number of carbonyl (C=O) groups excluding carboxylic acids is 2. The van der Waals surface area contributed by atoms with Crippen LogP contribution in [0.1, 0.15) is 28.1 Å². The molecule has 1 amide bonds. The van der Waals surface area contributed by atoms with Crippen molar-refractivity contribution >= 4 is 39.0 Å². The normalized spacial score (nSPS) is 10.4. The molecule has 0 aliphatic carbocycles. The predicted molar refractivity (Wildman–Crippen MR) is 83.8 cm³/mol. The van der Waals surface area contributed by atoms with Gasteiger partial charge in [0.25, 0.3) is 0 Å². The third-order valence-electron chi connectivity index (χ3n) is 2.86. The summed E-state index contributed by atoms with van der Waals surface area (Å²) in [6.07, 6.45) is 0.264. The molecule has 0 unspecified atom stereocenters. The first kappa shape index (κ1) is 15.9. The first-order valence-corrected chi connectivity index (χ1v) is 8.01. The Morgan fingerprint density at radius 1 is 1.24 bits per heavy atom. The molecule has 0 radical (unpaired) electrons. The lowest BCUT2D eigenvalue weighted by Gasteiger charge is -2.06. The number of ketones is 1. The molecule has 0 bridgehead atoms. The van der Waals surface area contributed by atoms with Crippen LogP contribution >= 0.6 is 27.3 Å². The number of carbonyl (C=O) groups is 2. The number of Topliss-reactive ketones (excluding diaryl/α,β-unsaturated/α-hetero) is 1. The van der Waals surface area contributed by atoms with E-state index in [1.54, 1.807) is 24.3 Å². The van der Waals surface area contributed by atoms with Crippen molar-refractivity contribution in [2.24, 2.45) is 0 Å². The van der Waals surface area contributed by atoms with Crippen LogP contribution in [0.25, 0.3) is 0 Å². The van der Waals surface area contributed by atoms with E-state index in [1.807, 2.05) is 5.38 Å². The number of nitrogens with one attached hydrogen (secondary N) is 1. The van der Waals surface area contributed by atoms with Gasteiger partial charge < -0.3 is 5.32 Å². The zero-order valence-electron chi connectivity index (χ0n) is 11.1. The highest BCUT2D eigenvalue weighted by Gasteiger charge is 2.10. The van der Waals surface area contributed by atoms with E-state index in [0.29, 0.717) is 10.4 Å². The summed E-state index contributed by atoms with van der Waals surface area (Å²) in [6, 6.07) is 8.09. The van der Waals surface area contributed by atoms with Crippen molar-refractivity contribution in [2.75, 3.05) is 0 Å². The maximum atomic E-state index is 13.5. The molecule has 6 heteroatoms. The van der Waals surface area contributed by atoms with Crippen LogP contribution < -0.4 is 5.32 Å². The van der Waals surface area contributed by atoms with Crippen molar-refractivity contribution in [3.05, 3.63) is 56.4 Å². The molecular weight excluding hydrogens is 357 g/mol. The number of halogens is 2. The summed E-state index contributed by atoms with van der Waals surface area (Å²) in [6.45, 7) is 0.108. The van der Waals surface area contributed by atoms with Crippen LogP contribution in [0.4, 0.5) is 4.39 Å². The first-order valence-electron chi connectivity index (χ1n) is 6.33. The maximum absolute atomic E-state index is 13.5. The fourth-order valence-corrected chi connectivity index (χ4v) is 2.85. The van der Waals surface area contributed by atoms with Gasteiger partial charge in [0.15, 0.2) is 5.78 Å². The molecule has 0 aliphatic rings.